The van der Waals surface area contributed by atoms with E-state index in [-0.39, 0.29) is 6.85 Å². The zero-order chi connectivity index (χ0) is 14.4. The Bertz CT molecular complexity index is 853. The van der Waals surface area contributed by atoms with Gasteiger partial charge in [-0.25, -0.2) is 4.57 Å². The van der Waals surface area contributed by atoms with Crippen molar-refractivity contribution in [2.45, 2.75) is 6.82 Å². The van der Waals surface area contributed by atoms with Crippen molar-refractivity contribution in [1.29, 1.82) is 0 Å². The maximum Gasteiger partial charge on any atom is 0.405 e. The zero-order valence-electron chi connectivity index (χ0n) is 12.2. The zero-order valence-corrected chi connectivity index (χ0v) is 12.2. The fraction of sp³-hybridized carbons (Fsp3) is 0.118. The molecule has 3 aromatic rings. The number of anilines is 2. The summed E-state index contributed by atoms with van der Waals surface area (Å²) in [6.07, 6.45) is 4.23. The first kappa shape index (κ1) is 12.3. The van der Waals surface area contributed by atoms with Gasteiger partial charge in [0.05, 0.1) is 18.8 Å². The van der Waals surface area contributed by atoms with E-state index in [0.29, 0.717) is 0 Å². The number of hydrogen-bond acceptors (Lipinski definition) is 2. The third-order valence-corrected chi connectivity index (χ3v) is 4.06. The Labute approximate surface area is 124 Å². The molecule has 0 amide bonds. The summed E-state index contributed by atoms with van der Waals surface area (Å²) in [7, 11) is 2.06. The molecule has 3 heterocycles. The first-order valence-electron chi connectivity index (χ1n) is 7.19. The Morgan fingerprint density at radius 1 is 1.10 bits per heavy atom. The molecule has 0 atom stereocenters. The molecule has 21 heavy (non-hydrogen) atoms. The fourth-order valence-corrected chi connectivity index (χ4v) is 2.98. The summed E-state index contributed by atoms with van der Waals surface area (Å²) in [4.78, 5) is 2.25. The highest BCUT2D eigenvalue weighted by Gasteiger charge is 2.36. The highest BCUT2D eigenvalue weighted by atomic mass is 16.4. The first-order valence-corrected chi connectivity index (χ1v) is 7.19. The highest BCUT2D eigenvalue weighted by molar-refractivity contribution is 6.69. The Kier molecular flexibility index (Phi) is 2.64. The van der Waals surface area contributed by atoms with Crippen molar-refractivity contribution in [1.82, 2.24) is 0 Å². The lowest BCUT2D eigenvalue weighted by molar-refractivity contribution is -0.658. The molecule has 1 aliphatic rings. The number of para-hydroxylation sites is 1. The Balaban J connectivity index is 1.98. The van der Waals surface area contributed by atoms with Crippen molar-refractivity contribution < 1.29 is 8.98 Å². The van der Waals surface area contributed by atoms with Crippen LogP contribution in [0.25, 0.3) is 17.0 Å². The predicted octanol–water partition coefficient (Wildman–Crippen LogP) is 3.58. The number of benzene rings is 1. The molecular formula is C17H16BN2O+. The second-order valence-corrected chi connectivity index (χ2v) is 5.46. The van der Waals surface area contributed by atoms with Gasteiger partial charge in [-0.15, -0.1) is 0 Å². The molecule has 102 valence electrons. The number of rotatable bonds is 1. The second kappa shape index (κ2) is 4.52. The monoisotopic (exact) mass is 275 g/mol. The molecule has 0 aliphatic carbocycles. The van der Waals surface area contributed by atoms with Gasteiger partial charge in [-0.3, -0.25) is 4.81 Å². The van der Waals surface area contributed by atoms with Crippen LogP contribution in [0.5, 0.6) is 0 Å². The number of fused-ring (bicyclic) bond motifs is 3. The minimum absolute atomic E-state index is 0.256. The lowest BCUT2D eigenvalue weighted by Gasteiger charge is -2.21. The molecule has 0 fully saturated rings. The van der Waals surface area contributed by atoms with E-state index in [9.17, 15) is 0 Å². The molecular weight excluding hydrogens is 259 g/mol. The molecule has 0 radical (unpaired) electrons. The lowest BCUT2D eigenvalue weighted by atomic mass is 9.61. The molecule has 2 aromatic heterocycles. The van der Waals surface area contributed by atoms with Gasteiger partial charge in [0, 0.05) is 11.5 Å². The molecule has 1 aromatic carbocycles. The van der Waals surface area contributed by atoms with Gasteiger partial charge in [0.25, 0.3) is 11.7 Å². The third kappa shape index (κ3) is 1.79. The molecule has 3 nitrogen and oxygen atoms in total. The van der Waals surface area contributed by atoms with E-state index in [1.165, 1.54) is 5.39 Å². The van der Waals surface area contributed by atoms with Gasteiger partial charge in [0.1, 0.15) is 5.58 Å². The number of aromatic nitrogens is 1. The minimum atomic E-state index is 0.256. The quantitative estimate of drug-likeness (QED) is 0.499. The molecule has 1 aliphatic heterocycles. The average Bonchev–Trinajstić information content (AvgIpc) is 2.87. The normalized spacial score (nSPS) is 13.8. The van der Waals surface area contributed by atoms with Crippen LogP contribution in [-0.2, 0) is 7.05 Å². The fourth-order valence-electron chi connectivity index (χ4n) is 2.98. The van der Waals surface area contributed by atoms with Gasteiger partial charge in [0.2, 0.25) is 0 Å². The van der Waals surface area contributed by atoms with Crippen LogP contribution >= 0.6 is 0 Å². The standard InChI is InChI=1S/C17H16BN2O/c1-18-11-10-14-13-7-3-4-8-15(13)21-17(14)20(18)16-9-5-6-12-19(16)2/h3-12H,1-2H3/q+1. The molecule has 0 bridgehead atoms. The van der Waals surface area contributed by atoms with Crippen LogP contribution in [0, 0.1) is 0 Å². The summed E-state index contributed by atoms with van der Waals surface area (Å²) < 4.78 is 8.26. The predicted molar refractivity (Wildman–Crippen MR) is 86.6 cm³/mol. The topological polar surface area (TPSA) is 20.3 Å². The number of pyridine rings is 1. The summed E-state index contributed by atoms with van der Waals surface area (Å²) in [5, 5.41) is 1.17. The van der Waals surface area contributed by atoms with Gasteiger partial charge in [-0.05, 0) is 19.0 Å². The largest absolute Gasteiger partial charge is 0.423 e. The maximum atomic E-state index is 6.14. The Morgan fingerprint density at radius 3 is 2.76 bits per heavy atom. The summed E-state index contributed by atoms with van der Waals surface area (Å²) in [5.41, 5.74) is 2.09. The van der Waals surface area contributed by atoms with Gasteiger partial charge in [-0.1, -0.05) is 36.3 Å². The summed E-state index contributed by atoms with van der Waals surface area (Å²) >= 11 is 0. The van der Waals surface area contributed by atoms with E-state index in [1.54, 1.807) is 0 Å². The lowest BCUT2D eigenvalue weighted by Crippen LogP contribution is -2.43. The van der Waals surface area contributed by atoms with Crippen LogP contribution in [0.4, 0.5) is 11.7 Å². The van der Waals surface area contributed by atoms with Crippen molar-refractivity contribution in [3.63, 3.8) is 0 Å². The maximum absolute atomic E-state index is 6.14. The summed E-state index contributed by atoms with van der Waals surface area (Å²) in [6.45, 7) is 2.44. The molecule has 0 N–H and O–H groups in total. The van der Waals surface area contributed by atoms with Gasteiger partial charge in [-0.2, -0.15) is 0 Å². The van der Waals surface area contributed by atoms with Crippen molar-refractivity contribution in [2.24, 2.45) is 7.05 Å². The average molecular weight is 275 g/mol. The van der Waals surface area contributed by atoms with Crippen molar-refractivity contribution >= 4 is 35.6 Å². The first-order chi connectivity index (χ1) is 10.3. The van der Waals surface area contributed by atoms with Crippen LogP contribution in [0.3, 0.4) is 0 Å². The Hall–Kier alpha value is -2.49. The molecule has 0 unspecified atom stereocenters. The molecule has 0 saturated heterocycles. The molecule has 0 saturated carbocycles. The SMILES string of the molecule is CB1C=Cc2c(oc3ccccc23)N1c1cccc[n+]1C. The summed E-state index contributed by atoms with van der Waals surface area (Å²) in [5.74, 6) is 4.26. The second-order valence-electron chi connectivity index (χ2n) is 5.46. The van der Waals surface area contributed by atoms with Crippen molar-refractivity contribution in [3.05, 3.63) is 60.2 Å². The van der Waals surface area contributed by atoms with Crippen molar-refractivity contribution in [3.8, 4) is 0 Å². The van der Waals surface area contributed by atoms with Crippen LogP contribution in [0.15, 0.2) is 59.1 Å². The van der Waals surface area contributed by atoms with E-state index in [0.717, 1.165) is 22.8 Å². The summed E-state index contributed by atoms with van der Waals surface area (Å²) in [6, 6.07) is 14.4. The minimum Gasteiger partial charge on any atom is -0.423 e. The van der Waals surface area contributed by atoms with Crippen LogP contribution < -0.4 is 9.38 Å². The number of hydrogen-bond donors (Lipinski definition) is 0. The molecule has 4 heteroatoms. The third-order valence-electron chi connectivity index (χ3n) is 4.06. The smallest absolute Gasteiger partial charge is 0.405 e. The molecule has 4 rings (SSSR count). The number of nitrogens with zero attached hydrogens (tertiary/aromatic N) is 2. The van der Waals surface area contributed by atoms with Gasteiger partial charge in [0.15, 0.2) is 0 Å². The van der Waals surface area contributed by atoms with Gasteiger partial charge < -0.3 is 4.42 Å². The van der Waals surface area contributed by atoms with Crippen LogP contribution in [0.2, 0.25) is 6.82 Å². The van der Waals surface area contributed by atoms with Crippen LogP contribution in [-0.4, -0.2) is 6.85 Å². The number of furan rings is 1. The van der Waals surface area contributed by atoms with Gasteiger partial charge >= 0.3 is 6.85 Å². The number of aryl methyl sites for hydroxylation is 1. The van der Waals surface area contributed by atoms with E-state index in [4.69, 9.17) is 4.42 Å². The molecule has 0 spiro atoms. The highest BCUT2D eigenvalue weighted by Crippen LogP contribution is 2.39. The Morgan fingerprint density at radius 2 is 1.90 bits per heavy atom. The van der Waals surface area contributed by atoms with E-state index >= 15 is 0 Å². The van der Waals surface area contributed by atoms with E-state index in [2.05, 4.69) is 65.8 Å². The van der Waals surface area contributed by atoms with E-state index in [1.807, 2.05) is 18.2 Å². The van der Waals surface area contributed by atoms with E-state index < -0.39 is 0 Å². The van der Waals surface area contributed by atoms with Crippen LogP contribution in [0.1, 0.15) is 5.56 Å². The van der Waals surface area contributed by atoms with Crippen molar-refractivity contribution in [2.75, 3.05) is 4.81 Å².